The van der Waals surface area contributed by atoms with Crippen molar-refractivity contribution in [2.24, 2.45) is 0 Å². The molecule has 0 saturated heterocycles. The van der Waals surface area contributed by atoms with Crippen LogP contribution in [0.3, 0.4) is 0 Å². The van der Waals surface area contributed by atoms with Crippen molar-refractivity contribution >= 4 is 17.4 Å². The molecule has 19 heavy (non-hydrogen) atoms. The molecule has 2 aromatic rings. The van der Waals surface area contributed by atoms with Crippen LogP contribution in [0.4, 0.5) is 15.9 Å². The summed E-state index contributed by atoms with van der Waals surface area (Å²) in [7, 11) is 0. The third kappa shape index (κ3) is 2.85. The standard InChI is InChI=1S/C13H13FN4O/c1-2-18(10-5-3-9(14)4-6-10)13(19)11-7-8-12(15)17-16-11/h3-8H,2H2,1H3,(H2,15,17). The molecule has 1 heterocycles. The van der Waals surface area contributed by atoms with Gasteiger partial charge in [-0.25, -0.2) is 4.39 Å². The van der Waals surface area contributed by atoms with Crippen LogP contribution in [0.2, 0.25) is 0 Å². The minimum absolute atomic E-state index is 0.195. The summed E-state index contributed by atoms with van der Waals surface area (Å²) < 4.78 is 12.9. The van der Waals surface area contributed by atoms with Gasteiger partial charge in [-0.3, -0.25) is 4.79 Å². The van der Waals surface area contributed by atoms with Crippen LogP contribution in [0, 0.1) is 5.82 Å². The third-order valence-electron chi connectivity index (χ3n) is 2.60. The molecule has 1 aromatic carbocycles. The molecule has 2 N–H and O–H groups in total. The molecular weight excluding hydrogens is 247 g/mol. The molecule has 5 nitrogen and oxygen atoms in total. The molecule has 6 heteroatoms. The van der Waals surface area contributed by atoms with E-state index in [2.05, 4.69) is 10.2 Å². The first-order chi connectivity index (χ1) is 9.11. The second-order valence-electron chi connectivity index (χ2n) is 3.87. The van der Waals surface area contributed by atoms with Gasteiger partial charge >= 0.3 is 0 Å². The summed E-state index contributed by atoms with van der Waals surface area (Å²) >= 11 is 0. The number of rotatable bonds is 3. The molecule has 0 saturated carbocycles. The Kier molecular flexibility index (Phi) is 3.70. The first kappa shape index (κ1) is 12.9. The predicted molar refractivity (Wildman–Crippen MR) is 70.2 cm³/mol. The Balaban J connectivity index is 2.29. The lowest BCUT2D eigenvalue weighted by Crippen LogP contribution is -2.31. The van der Waals surface area contributed by atoms with Gasteiger partial charge in [-0.15, -0.1) is 10.2 Å². The Morgan fingerprint density at radius 2 is 1.89 bits per heavy atom. The minimum atomic E-state index is -0.348. The molecule has 0 unspecified atom stereocenters. The number of hydrogen-bond acceptors (Lipinski definition) is 4. The number of halogens is 1. The van der Waals surface area contributed by atoms with Crippen LogP contribution in [0.1, 0.15) is 17.4 Å². The Labute approximate surface area is 109 Å². The number of nitrogens with two attached hydrogens (primary N) is 1. The highest BCUT2D eigenvalue weighted by molar-refractivity contribution is 6.04. The van der Waals surface area contributed by atoms with Crippen molar-refractivity contribution in [1.29, 1.82) is 0 Å². The van der Waals surface area contributed by atoms with Crippen molar-refractivity contribution in [3.05, 3.63) is 47.9 Å². The number of nitrogens with zero attached hydrogens (tertiary/aromatic N) is 3. The van der Waals surface area contributed by atoms with Gasteiger partial charge in [-0.05, 0) is 43.3 Å². The molecule has 1 amide bonds. The van der Waals surface area contributed by atoms with E-state index in [1.54, 1.807) is 12.1 Å². The number of carbonyl (C=O) groups is 1. The Morgan fingerprint density at radius 1 is 1.21 bits per heavy atom. The van der Waals surface area contributed by atoms with Crippen LogP contribution in [-0.2, 0) is 0 Å². The van der Waals surface area contributed by atoms with Gasteiger partial charge in [0, 0.05) is 12.2 Å². The minimum Gasteiger partial charge on any atom is -0.382 e. The van der Waals surface area contributed by atoms with E-state index in [0.29, 0.717) is 12.2 Å². The SMILES string of the molecule is CCN(C(=O)c1ccc(N)nn1)c1ccc(F)cc1. The molecule has 0 spiro atoms. The summed E-state index contributed by atoms with van der Waals surface area (Å²) in [4.78, 5) is 13.7. The largest absolute Gasteiger partial charge is 0.382 e. The van der Waals surface area contributed by atoms with Crippen LogP contribution in [0.15, 0.2) is 36.4 Å². The van der Waals surface area contributed by atoms with E-state index in [-0.39, 0.29) is 23.2 Å². The third-order valence-corrected chi connectivity index (χ3v) is 2.60. The van der Waals surface area contributed by atoms with Crippen molar-refractivity contribution in [3.63, 3.8) is 0 Å². The van der Waals surface area contributed by atoms with Gasteiger partial charge in [0.15, 0.2) is 5.69 Å². The topological polar surface area (TPSA) is 72.1 Å². The molecule has 0 radical (unpaired) electrons. The van der Waals surface area contributed by atoms with Gasteiger partial charge in [-0.1, -0.05) is 0 Å². The predicted octanol–water partition coefficient (Wildman–Crippen LogP) is 1.86. The van der Waals surface area contributed by atoms with Crippen molar-refractivity contribution in [3.8, 4) is 0 Å². The summed E-state index contributed by atoms with van der Waals surface area (Å²) in [5, 5.41) is 7.39. The molecule has 0 aliphatic heterocycles. The molecule has 2 rings (SSSR count). The number of hydrogen-bond donors (Lipinski definition) is 1. The lowest BCUT2D eigenvalue weighted by Gasteiger charge is -2.20. The van der Waals surface area contributed by atoms with E-state index in [1.165, 1.54) is 29.2 Å². The smallest absolute Gasteiger partial charge is 0.278 e. The normalized spacial score (nSPS) is 10.2. The fourth-order valence-corrected chi connectivity index (χ4v) is 1.66. The highest BCUT2D eigenvalue weighted by atomic mass is 19.1. The average molecular weight is 260 g/mol. The lowest BCUT2D eigenvalue weighted by molar-refractivity contribution is 0.0982. The van der Waals surface area contributed by atoms with E-state index < -0.39 is 0 Å². The molecule has 0 aliphatic carbocycles. The highest BCUT2D eigenvalue weighted by Gasteiger charge is 2.17. The number of carbonyl (C=O) groups excluding carboxylic acids is 1. The summed E-state index contributed by atoms with van der Waals surface area (Å²) in [6.45, 7) is 2.27. The summed E-state index contributed by atoms with van der Waals surface area (Å²) in [6.07, 6.45) is 0. The van der Waals surface area contributed by atoms with Gasteiger partial charge in [0.1, 0.15) is 11.6 Å². The molecule has 1 aromatic heterocycles. The zero-order valence-electron chi connectivity index (χ0n) is 10.4. The van der Waals surface area contributed by atoms with Gasteiger partial charge in [0.2, 0.25) is 0 Å². The second-order valence-corrected chi connectivity index (χ2v) is 3.87. The maximum atomic E-state index is 12.9. The second kappa shape index (κ2) is 5.43. The molecule has 0 aliphatic rings. The molecule has 0 bridgehead atoms. The van der Waals surface area contributed by atoms with E-state index in [9.17, 15) is 9.18 Å². The van der Waals surface area contributed by atoms with Gasteiger partial charge in [0.05, 0.1) is 0 Å². The number of nitrogen functional groups attached to an aromatic ring is 1. The van der Waals surface area contributed by atoms with Crippen molar-refractivity contribution < 1.29 is 9.18 Å². The van der Waals surface area contributed by atoms with E-state index in [0.717, 1.165) is 0 Å². The van der Waals surface area contributed by atoms with Crippen molar-refractivity contribution in [2.45, 2.75) is 6.92 Å². The van der Waals surface area contributed by atoms with Gasteiger partial charge in [0.25, 0.3) is 5.91 Å². The Bertz CT molecular complexity index is 568. The average Bonchev–Trinajstić information content (AvgIpc) is 2.42. The van der Waals surface area contributed by atoms with Crippen molar-refractivity contribution in [2.75, 3.05) is 17.2 Å². The maximum absolute atomic E-state index is 12.9. The number of anilines is 2. The molecule has 0 atom stereocenters. The first-order valence-electron chi connectivity index (χ1n) is 5.78. The number of amides is 1. The number of aromatic nitrogens is 2. The highest BCUT2D eigenvalue weighted by Crippen LogP contribution is 2.17. The first-order valence-corrected chi connectivity index (χ1v) is 5.78. The van der Waals surface area contributed by atoms with Crippen LogP contribution in [0.5, 0.6) is 0 Å². The van der Waals surface area contributed by atoms with E-state index in [4.69, 9.17) is 5.73 Å². The molecule has 0 fully saturated rings. The zero-order chi connectivity index (χ0) is 13.8. The zero-order valence-corrected chi connectivity index (χ0v) is 10.4. The Morgan fingerprint density at radius 3 is 2.42 bits per heavy atom. The van der Waals surface area contributed by atoms with Gasteiger partial charge < -0.3 is 10.6 Å². The Hall–Kier alpha value is -2.50. The fraction of sp³-hybridized carbons (Fsp3) is 0.154. The lowest BCUT2D eigenvalue weighted by atomic mass is 10.2. The molecule has 98 valence electrons. The molecular formula is C13H13FN4O. The fourth-order valence-electron chi connectivity index (χ4n) is 1.66. The van der Waals surface area contributed by atoms with Crippen LogP contribution >= 0.6 is 0 Å². The number of benzene rings is 1. The quantitative estimate of drug-likeness (QED) is 0.914. The van der Waals surface area contributed by atoms with E-state index in [1.807, 2.05) is 6.92 Å². The van der Waals surface area contributed by atoms with Crippen LogP contribution in [0.25, 0.3) is 0 Å². The van der Waals surface area contributed by atoms with E-state index >= 15 is 0 Å². The van der Waals surface area contributed by atoms with Crippen LogP contribution < -0.4 is 10.6 Å². The summed E-state index contributed by atoms with van der Waals surface area (Å²) in [6, 6.07) is 8.72. The maximum Gasteiger partial charge on any atom is 0.278 e. The monoisotopic (exact) mass is 260 g/mol. The van der Waals surface area contributed by atoms with Gasteiger partial charge in [-0.2, -0.15) is 0 Å². The summed E-state index contributed by atoms with van der Waals surface area (Å²) in [5.74, 6) is -0.400. The van der Waals surface area contributed by atoms with Crippen molar-refractivity contribution in [1.82, 2.24) is 10.2 Å². The van der Waals surface area contributed by atoms with Crippen LogP contribution in [-0.4, -0.2) is 22.6 Å². The summed E-state index contributed by atoms with van der Waals surface area (Å²) in [5.41, 5.74) is 6.22.